The number of nitrogens with zero attached hydrogens (tertiary/aromatic N) is 6. The number of H-pyrrole nitrogens is 1. The number of tetrazole rings is 1. The number of methoxy groups -OCH3 is 3. The molecule has 0 saturated carbocycles. The van der Waals surface area contributed by atoms with Gasteiger partial charge in [0.15, 0.2) is 17.0 Å². The lowest BCUT2D eigenvalue weighted by atomic mass is 9.98. The fraction of sp³-hybridized carbons (Fsp3) is 0.158. The number of imidazole rings is 1. The number of aromatic nitrogens is 6. The number of rotatable bonds is 14. The van der Waals surface area contributed by atoms with E-state index in [9.17, 15) is 8.76 Å². The van der Waals surface area contributed by atoms with E-state index in [1.54, 1.807) is 106 Å². The highest BCUT2D eigenvalue weighted by Gasteiger charge is 2.36. The molecule has 0 saturated heterocycles. The summed E-state index contributed by atoms with van der Waals surface area (Å²) < 4.78 is 71.9. The maximum Gasteiger partial charge on any atom is 0.245 e. The van der Waals surface area contributed by atoms with Gasteiger partial charge in [-0.05, 0) is 76.0 Å². The number of nitrogens with two attached hydrogens (primary N) is 1. The molecule has 0 radical (unpaired) electrons. The summed E-state index contributed by atoms with van der Waals surface area (Å²) in [7, 11) is -0.0294. The molecule has 0 spiro atoms. The molecule has 7 aromatic rings. The molecule has 15 nitrogen and oxygen atoms in total. The van der Waals surface area contributed by atoms with Crippen LogP contribution in [-0.4, -0.2) is 73.0 Å². The van der Waals surface area contributed by atoms with Crippen molar-refractivity contribution in [1.82, 2.24) is 34.5 Å². The van der Waals surface area contributed by atoms with E-state index in [2.05, 4.69) is 25.4 Å². The van der Waals surface area contributed by atoms with Crippen molar-refractivity contribution >= 4 is 38.1 Å². The Morgan fingerprint density at radius 1 is 0.782 bits per heavy atom. The van der Waals surface area contributed by atoms with Gasteiger partial charge >= 0.3 is 0 Å². The van der Waals surface area contributed by atoms with Crippen LogP contribution in [0.25, 0.3) is 33.5 Å². The van der Waals surface area contributed by atoms with Crippen LogP contribution in [0.2, 0.25) is 0 Å². The van der Waals surface area contributed by atoms with Crippen LogP contribution < -0.4 is 19.9 Å². The number of aromatic amines is 1. The van der Waals surface area contributed by atoms with Crippen molar-refractivity contribution in [2.45, 2.75) is 29.4 Å². The molecule has 282 valence electrons. The highest BCUT2D eigenvalue weighted by molar-refractivity contribution is 7.90. The first kappa shape index (κ1) is 37.2. The minimum Gasteiger partial charge on any atom is -0.497 e. The first-order valence-electron chi connectivity index (χ1n) is 16.8. The number of ether oxygens (including phenoxy) is 3. The molecular formula is C38H36N8O7S2. The predicted molar refractivity (Wildman–Crippen MR) is 206 cm³/mol. The number of para-hydroxylation sites is 1. The summed E-state index contributed by atoms with van der Waals surface area (Å²) in [5.74, 6) is 1.92. The molecule has 55 heavy (non-hydrogen) atoms. The second-order valence-corrected chi connectivity index (χ2v) is 15.2. The summed E-state index contributed by atoms with van der Waals surface area (Å²) >= 11 is -2.78. The summed E-state index contributed by atoms with van der Waals surface area (Å²) in [5.41, 5.74) is 9.98. The van der Waals surface area contributed by atoms with Crippen LogP contribution in [-0.2, 0) is 40.7 Å². The van der Waals surface area contributed by atoms with E-state index >= 15 is 8.42 Å². The summed E-state index contributed by atoms with van der Waals surface area (Å²) in [6, 6.07) is 29.4. The van der Waals surface area contributed by atoms with Gasteiger partial charge in [0, 0.05) is 18.7 Å². The Hall–Kier alpha value is -6.14. The molecule has 0 fully saturated rings. The second-order valence-electron chi connectivity index (χ2n) is 12.3. The fourth-order valence-corrected chi connectivity index (χ4v) is 8.85. The number of benzene rings is 5. The van der Waals surface area contributed by atoms with Crippen molar-refractivity contribution in [2.75, 3.05) is 27.1 Å². The summed E-state index contributed by atoms with van der Waals surface area (Å²) in [6.07, 6.45) is 0. The van der Waals surface area contributed by atoms with E-state index in [0.717, 1.165) is 5.56 Å². The largest absolute Gasteiger partial charge is 0.497 e. The Balaban J connectivity index is 1.45. The number of anilines is 1. The minimum absolute atomic E-state index is 0.0376. The number of hydrogen-bond donors (Lipinski definition) is 3. The highest BCUT2D eigenvalue weighted by atomic mass is 32.2. The van der Waals surface area contributed by atoms with Gasteiger partial charge in [0.1, 0.15) is 22.1 Å². The smallest absolute Gasteiger partial charge is 0.245 e. The lowest BCUT2D eigenvalue weighted by molar-refractivity contribution is 0.396. The average molecular weight is 781 g/mol. The Labute approximate surface area is 319 Å². The van der Waals surface area contributed by atoms with Gasteiger partial charge in [-0.3, -0.25) is 0 Å². The minimum atomic E-state index is -4.69. The summed E-state index contributed by atoms with van der Waals surface area (Å²) in [5, 5.41) is 13.3. The van der Waals surface area contributed by atoms with Gasteiger partial charge in [0.25, 0.3) is 0 Å². The third-order valence-corrected chi connectivity index (χ3v) is 11.6. The van der Waals surface area contributed by atoms with Crippen LogP contribution in [0.4, 0.5) is 5.95 Å². The molecule has 0 amide bonds. The Bertz CT molecular complexity index is 2540. The van der Waals surface area contributed by atoms with E-state index in [0.29, 0.717) is 50.5 Å². The number of sulfonamides is 1. The van der Waals surface area contributed by atoms with E-state index in [4.69, 9.17) is 19.9 Å². The zero-order valence-electron chi connectivity index (χ0n) is 29.9. The number of hydrogen-bond acceptors (Lipinski definition) is 11. The van der Waals surface area contributed by atoms with E-state index in [1.165, 1.54) is 15.2 Å². The first-order valence-corrected chi connectivity index (χ1v) is 19.3. The Morgan fingerprint density at radius 2 is 1.35 bits per heavy atom. The van der Waals surface area contributed by atoms with Crippen molar-refractivity contribution in [3.8, 4) is 39.8 Å². The zero-order chi connectivity index (χ0) is 38.7. The van der Waals surface area contributed by atoms with Crippen molar-refractivity contribution in [2.24, 2.45) is 0 Å². The molecule has 4 N–H and O–H groups in total. The van der Waals surface area contributed by atoms with Gasteiger partial charge in [-0.1, -0.05) is 54.6 Å². The van der Waals surface area contributed by atoms with E-state index in [1.807, 2.05) is 12.1 Å². The zero-order valence-corrected chi connectivity index (χ0v) is 31.5. The van der Waals surface area contributed by atoms with Crippen LogP contribution >= 0.6 is 0 Å². The molecule has 7 rings (SSSR count). The van der Waals surface area contributed by atoms with E-state index < -0.39 is 26.0 Å². The normalized spacial score (nSPS) is 12.2. The molecule has 1 unspecified atom stereocenters. The van der Waals surface area contributed by atoms with Gasteiger partial charge in [0.05, 0.1) is 49.4 Å². The van der Waals surface area contributed by atoms with Crippen LogP contribution in [0.15, 0.2) is 113 Å². The number of nitrogens with one attached hydrogen (secondary N) is 1. The molecule has 2 aromatic heterocycles. The van der Waals surface area contributed by atoms with Gasteiger partial charge in [-0.15, -0.1) is 10.2 Å². The molecule has 0 aliphatic carbocycles. The van der Waals surface area contributed by atoms with Crippen molar-refractivity contribution < 1.29 is 31.4 Å². The lowest BCUT2D eigenvalue weighted by Gasteiger charge is -2.25. The molecule has 17 heteroatoms. The molecular weight excluding hydrogens is 745 g/mol. The van der Waals surface area contributed by atoms with Crippen molar-refractivity contribution in [1.29, 1.82) is 0 Å². The van der Waals surface area contributed by atoms with Crippen LogP contribution in [0.1, 0.15) is 16.7 Å². The summed E-state index contributed by atoms with van der Waals surface area (Å²) in [6.45, 7) is -0.0300. The standard InChI is InChI=1S/C38H36N8O7S2/c1-51-27-13-7-24(8-14-27)21-45(22-25-9-15-28(52-2)16-10-25)55(49,50)36-33(54(47)48)20-19-30(31-5-4-6-32-35(31)41-38(39)40-32)34(36)37-42-44-46(43-37)23-26-11-17-29(53-3)18-12-26/h4-20H,21-23H2,1-3H3,(H,47,48)(H3,39,40,41). The van der Waals surface area contributed by atoms with Crippen LogP contribution in [0.5, 0.6) is 17.2 Å². The number of nitrogen functional groups attached to an aromatic ring is 1. The molecule has 1 atom stereocenters. The number of fused-ring (bicyclic) bond motifs is 1. The van der Waals surface area contributed by atoms with E-state index in [-0.39, 0.29) is 41.9 Å². The monoisotopic (exact) mass is 780 g/mol. The molecule has 0 aliphatic heterocycles. The maximum atomic E-state index is 15.4. The van der Waals surface area contributed by atoms with Gasteiger partial charge in [-0.2, -0.15) is 9.10 Å². The first-order chi connectivity index (χ1) is 26.6. The second kappa shape index (κ2) is 15.7. The van der Waals surface area contributed by atoms with Gasteiger partial charge < -0.3 is 29.5 Å². The van der Waals surface area contributed by atoms with Crippen molar-refractivity contribution in [3.63, 3.8) is 0 Å². The Kier molecular flexibility index (Phi) is 10.6. The van der Waals surface area contributed by atoms with Crippen LogP contribution in [0.3, 0.4) is 0 Å². The molecule has 2 heterocycles. The third kappa shape index (κ3) is 7.76. The van der Waals surface area contributed by atoms with Crippen LogP contribution in [0, 0.1) is 0 Å². The SMILES string of the molecule is COc1ccc(CN(Cc2ccc(OC)cc2)S(=O)(=O)c2c(S(=O)O)ccc(-c3cccc4[nH]c(N)nc34)c2-c2nnn(Cc3ccc(OC)cc3)n2)cc1. The third-order valence-electron chi connectivity index (χ3n) is 8.92. The highest BCUT2D eigenvalue weighted by Crippen LogP contribution is 2.42. The predicted octanol–water partition coefficient (Wildman–Crippen LogP) is 5.51. The molecule has 0 aliphatic rings. The topological polar surface area (TPSA) is 201 Å². The fourth-order valence-electron chi connectivity index (χ4n) is 6.20. The van der Waals surface area contributed by atoms with Gasteiger partial charge in [0.2, 0.25) is 15.8 Å². The molecule has 5 aromatic carbocycles. The summed E-state index contributed by atoms with van der Waals surface area (Å²) in [4.78, 5) is 7.98. The Morgan fingerprint density at radius 3 is 1.89 bits per heavy atom. The van der Waals surface area contributed by atoms with Crippen molar-refractivity contribution in [3.05, 3.63) is 120 Å². The van der Waals surface area contributed by atoms with Gasteiger partial charge in [-0.25, -0.2) is 17.6 Å². The molecule has 0 bridgehead atoms. The maximum absolute atomic E-state index is 15.4. The lowest BCUT2D eigenvalue weighted by Crippen LogP contribution is -2.31. The quantitative estimate of drug-likeness (QED) is 0.117. The average Bonchev–Trinajstić information content (AvgIpc) is 3.83.